The van der Waals surface area contributed by atoms with E-state index in [9.17, 15) is 9.59 Å². The molecule has 0 bridgehead atoms. The normalized spacial score (nSPS) is 12.1. The highest BCUT2D eigenvalue weighted by atomic mass is 35.5. The van der Waals surface area contributed by atoms with Crippen LogP contribution in [0.4, 0.5) is 0 Å². The lowest BCUT2D eigenvalue weighted by molar-refractivity contribution is 0.0318. The number of aromatic amines is 1. The minimum absolute atomic E-state index is 0.172. The van der Waals surface area contributed by atoms with Crippen molar-refractivity contribution in [1.29, 1.82) is 0 Å². The Balaban J connectivity index is 1.53. The number of Topliss-reactive ketones (excluding diaryl/α,β-unsaturated/α-hetero) is 1. The van der Waals surface area contributed by atoms with Gasteiger partial charge in [-0.15, -0.1) is 0 Å². The van der Waals surface area contributed by atoms with Gasteiger partial charge in [0.05, 0.1) is 12.2 Å². The van der Waals surface area contributed by atoms with Crippen molar-refractivity contribution in [1.82, 2.24) is 14.8 Å². The molecule has 2 heterocycles. The predicted octanol–water partition coefficient (Wildman–Crippen LogP) is 4.80. The topological polar surface area (TPSA) is 77.0 Å². The maximum atomic E-state index is 12.9. The number of fused-ring (bicyclic) bond motifs is 1. The van der Waals surface area contributed by atoms with E-state index in [1.165, 1.54) is 0 Å². The van der Waals surface area contributed by atoms with E-state index in [-0.39, 0.29) is 16.5 Å². The van der Waals surface area contributed by atoms with Crippen molar-refractivity contribution >= 4 is 34.3 Å². The second kappa shape index (κ2) is 8.16. The number of ketones is 1. The van der Waals surface area contributed by atoms with Crippen molar-refractivity contribution < 1.29 is 14.3 Å². The number of esters is 1. The SMILES string of the molecule is Cc1nn(Cc2ccccc2)c(Cl)c1C(=O)OC(C)C(=O)c1c[nH]c2ccccc12. The number of nitrogens with zero attached hydrogens (tertiary/aromatic N) is 2. The third-order valence-electron chi connectivity index (χ3n) is 4.95. The Hall–Kier alpha value is -3.38. The van der Waals surface area contributed by atoms with E-state index >= 15 is 0 Å². The van der Waals surface area contributed by atoms with Gasteiger partial charge in [-0.25, -0.2) is 9.48 Å². The molecule has 30 heavy (non-hydrogen) atoms. The van der Waals surface area contributed by atoms with Gasteiger partial charge in [0.25, 0.3) is 0 Å². The molecule has 0 aliphatic heterocycles. The van der Waals surface area contributed by atoms with Gasteiger partial charge in [-0.05, 0) is 25.5 Å². The number of aryl methyl sites for hydroxylation is 1. The Morgan fingerprint density at radius 2 is 1.83 bits per heavy atom. The lowest BCUT2D eigenvalue weighted by atomic mass is 10.1. The van der Waals surface area contributed by atoms with E-state index in [1.54, 1.807) is 24.7 Å². The molecule has 0 radical (unpaired) electrons. The van der Waals surface area contributed by atoms with Gasteiger partial charge in [-0.3, -0.25) is 4.79 Å². The van der Waals surface area contributed by atoms with E-state index in [2.05, 4.69) is 10.1 Å². The number of halogens is 1. The highest BCUT2D eigenvalue weighted by Gasteiger charge is 2.27. The van der Waals surface area contributed by atoms with Crippen LogP contribution in [0, 0.1) is 6.92 Å². The van der Waals surface area contributed by atoms with Crippen LogP contribution in [0.2, 0.25) is 5.15 Å². The van der Waals surface area contributed by atoms with Crippen LogP contribution in [-0.4, -0.2) is 32.6 Å². The minimum atomic E-state index is -0.968. The van der Waals surface area contributed by atoms with E-state index in [1.807, 2.05) is 54.6 Å². The summed E-state index contributed by atoms with van der Waals surface area (Å²) in [7, 11) is 0. The molecular weight excluding hydrogens is 402 g/mol. The number of H-pyrrole nitrogens is 1. The molecular formula is C23H20ClN3O3. The predicted molar refractivity (Wildman–Crippen MR) is 115 cm³/mol. The molecule has 1 unspecified atom stereocenters. The van der Waals surface area contributed by atoms with Crippen LogP contribution in [0.1, 0.15) is 38.9 Å². The summed E-state index contributed by atoms with van der Waals surface area (Å²) in [6, 6.07) is 17.1. The average Bonchev–Trinajstić information content (AvgIpc) is 3.29. The van der Waals surface area contributed by atoms with Gasteiger partial charge in [0, 0.05) is 22.7 Å². The summed E-state index contributed by atoms with van der Waals surface area (Å²) in [5.74, 6) is -0.955. The first-order valence-corrected chi connectivity index (χ1v) is 9.91. The number of carbonyl (C=O) groups excluding carboxylic acids is 2. The summed E-state index contributed by atoms with van der Waals surface area (Å²) in [5, 5.41) is 5.34. The van der Waals surface area contributed by atoms with Crippen molar-refractivity contribution in [2.75, 3.05) is 0 Å². The third-order valence-corrected chi connectivity index (χ3v) is 5.34. The molecule has 1 atom stereocenters. The number of ether oxygens (including phenoxy) is 1. The first kappa shape index (κ1) is 19.9. The lowest BCUT2D eigenvalue weighted by Gasteiger charge is -2.12. The van der Waals surface area contributed by atoms with E-state index < -0.39 is 12.1 Å². The van der Waals surface area contributed by atoms with Crippen molar-refractivity contribution in [2.24, 2.45) is 0 Å². The molecule has 2 aromatic heterocycles. The van der Waals surface area contributed by atoms with Crippen molar-refractivity contribution in [3.05, 3.63) is 88.3 Å². The van der Waals surface area contributed by atoms with Crippen LogP contribution in [0.15, 0.2) is 60.8 Å². The number of aromatic nitrogens is 3. The second-order valence-corrected chi connectivity index (χ2v) is 7.41. The Morgan fingerprint density at radius 3 is 2.60 bits per heavy atom. The van der Waals surface area contributed by atoms with Crippen LogP contribution in [0.25, 0.3) is 10.9 Å². The monoisotopic (exact) mass is 421 g/mol. The fourth-order valence-electron chi connectivity index (χ4n) is 3.41. The number of hydrogen-bond acceptors (Lipinski definition) is 4. The van der Waals surface area contributed by atoms with Gasteiger partial charge >= 0.3 is 5.97 Å². The summed E-state index contributed by atoms with van der Waals surface area (Å²) in [6.07, 6.45) is 0.664. The number of para-hydroxylation sites is 1. The van der Waals surface area contributed by atoms with Crippen molar-refractivity contribution in [2.45, 2.75) is 26.5 Å². The first-order valence-electron chi connectivity index (χ1n) is 9.54. The smallest absolute Gasteiger partial charge is 0.343 e. The van der Waals surface area contributed by atoms with Gasteiger partial charge in [0.2, 0.25) is 5.78 Å². The standard InChI is InChI=1S/C23H20ClN3O3/c1-14-20(22(24)27(26-14)13-16-8-4-3-5-9-16)23(29)30-15(2)21(28)18-12-25-19-11-7-6-10-17(18)19/h3-12,15,25H,13H2,1-2H3. The number of nitrogens with one attached hydrogen (secondary N) is 1. The Labute approximate surface area is 178 Å². The Morgan fingerprint density at radius 1 is 1.13 bits per heavy atom. The number of rotatable bonds is 6. The summed E-state index contributed by atoms with van der Waals surface area (Å²) in [6.45, 7) is 3.67. The third kappa shape index (κ3) is 3.74. The van der Waals surface area contributed by atoms with Crippen LogP contribution < -0.4 is 0 Å². The molecule has 0 saturated heterocycles. The fraction of sp³-hybridized carbons (Fsp3) is 0.174. The molecule has 0 fully saturated rings. The van der Waals surface area contributed by atoms with Crippen LogP contribution >= 0.6 is 11.6 Å². The molecule has 0 aliphatic rings. The summed E-state index contributed by atoms with van der Waals surface area (Å²) >= 11 is 6.42. The Kier molecular flexibility index (Phi) is 5.42. The summed E-state index contributed by atoms with van der Waals surface area (Å²) in [5.41, 5.74) is 2.96. The molecule has 4 rings (SSSR count). The van der Waals surface area contributed by atoms with Crippen molar-refractivity contribution in [3.63, 3.8) is 0 Å². The molecule has 0 amide bonds. The van der Waals surface area contributed by atoms with E-state index in [4.69, 9.17) is 16.3 Å². The molecule has 0 saturated carbocycles. The summed E-state index contributed by atoms with van der Waals surface area (Å²) < 4.78 is 7.01. The van der Waals surface area contributed by atoms with E-state index in [0.29, 0.717) is 17.8 Å². The zero-order valence-electron chi connectivity index (χ0n) is 16.6. The molecule has 152 valence electrons. The molecule has 0 spiro atoms. The van der Waals surface area contributed by atoms with Gasteiger partial charge in [-0.2, -0.15) is 5.10 Å². The Bertz CT molecular complexity index is 1230. The van der Waals surface area contributed by atoms with Gasteiger partial charge < -0.3 is 9.72 Å². The zero-order valence-corrected chi connectivity index (χ0v) is 17.3. The summed E-state index contributed by atoms with van der Waals surface area (Å²) in [4.78, 5) is 28.7. The highest BCUT2D eigenvalue weighted by Crippen LogP contribution is 2.24. The van der Waals surface area contributed by atoms with Crippen LogP contribution in [0.5, 0.6) is 0 Å². The van der Waals surface area contributed by atoms with E-state index in [0.717, 1.165) is 16.5 Å². The molecule has 4 aromatic rings. The fourth-order valence-corrected chi connectivity index (χ4v) is 3.73. The van der Waals surface area contributed by atoms with Crippen molar-refractivity contribution in [3.8, 4) is 0 Å². The maximum absolute atomic E-state index is 12.9. The largest absolute Gasteiger partial charge is 0.451 e. The number of benzene rings is 2. The molecule has 7 heteroatoms. The molecule has 6 nitrogen and oxygen atoms in total. The molecule has 0 aliphatic carbocycles. The average molecular weight is 422 g/mol. The van der Waals surface area contributed by atoms with Gasteiger partial charge in [0.1, 0.15) is 10.7 Å². The van der Waals surface area contributed by atoms with Gasteiger partial charge in [0.15, 0.2) is 6.10 Å². The second-order valence-electron chi connectivity index (χ2n) is 7.05. The highest BCUT2D eigenvalue weighted by molar-refractivity contribution is 6.32. The van der Waals surface area contributed by atoms with Gasteiger partial charge in [-0.1, -0.05) is 60.1 Å². The quantitative estimate of drug-likeness (QED) is 0.358. The zero-order chi connectivity index (χ0) is 21.3. The number of carbonyl (C=O) groups is 2. The first-order chi connectivity index (χ1) is 14.5. The van der Waals surface area contributed by atoms with Crippen LogP contribution in [0.3, 0.4) is 0 Å². The molecule has 1 N–H and O–H groups in total. The number of hydrogen-bond donors (Lipinski definition) is 1. The minimum Gasteiger partial charge on any atom is -0.451 e. The van der Waals surface area contributed by atoms with Crippen LogP contribution in [-0.2, 0) is 11.3 Å². The molecule has 2 aromatic carbocycles. The lowest BCUT2D eigenvalue weighted by Crippen LogP contribution is -2.24. The maximum Gasteiger partial charge on any atom is 0.343 e.